The first-order chi connectivity index (χ1) is 15.1. The SMILES string of the molecule is COc1nc2oc(C)cc2nc1NC(=O)N1CCN(c2cc(F)cc(C(F)(F)F)c2)CC1. The molecule has 170 valence electrons. The van der Waals surface area contributed by atoms with Crippen LogP contribution in [0.5, 0.6) is 5.88 Å². The fourth-order valence-electron chi connectivity index (χ4n) is 3.45. The third-order valence-electron chi connectivity index (χ3n) is 5.02. The number of aryl methyl sites for hydroxylation is 1. The Morgan fingerprint density at radius 1 is 1.12 bits per heavy atom. The molecule has 12 heteroatoms. The summed E-state index contributed by atoms with van der Waals surface area (Å²) in [5.41, 5.74) is -0.205. The molecule has 1 aliphatic rings. The van der Waals surface area contributed by atoms with Crippen molar-refractivity contribution in [2.75, 3.05) is 43.5 Å². The molecule has 4 rings (SSSR count). The minimum atomic E-state index is -4.65. The second kappa shape index (κ2) is 8.17. The Morgan fingerprint density at radius 3 is 2.50 bits per heavy atom. The molecular weight excluding hydrogens is 434 g/mol. The van der Waals surface area contributed by atoms with Crippen molar-refractivity contribution < 1.29 is 31.5 Å². The van der Waals surface area contributed by atoms with Gasteiger partial charge in [-0.3, -0.25) is 5.32 Å². The molecule has 3 heterocycles. The van der Waals surface area contributed by atoms with Gasteiger partial charge in [-0.2, -0.15) is 18.2 Å². The van der Waals surface area contributed by atoms with Crippen LogP contribution in [0.15, 0.2) is 28.7 Å². The molecule has 0 bridgehead atoms. The van der Waals surface area contributed by atoms with E-state index in [0.717, 1.165) is 12.1 Å². The average molecular weight is 453 g/mol. The quantitative estimate of drug-likeness (QED) is 0.603. The van der Waals surface area contributed by atoms with E-state index in [1.807, 2.05) is 0 Å². The van der Waals surface area contributed by atoms with E-state index in [1.165, 1.54) is 12.0 Å². The summed E-state index contributed by atoms with van der Waals surface area (Å²) >= 11 is 0. The largest absolute Gasteiger partial charge is 0.478 e. The average Bonchev–Trinajstić information content (AvgIpc) is 3.11. The second-order valence-electron chi connectivity index (χ2n) is 7.23. The van der Waals surface area contributed by atoms with Crippen LogP contribution in [0.1, 0.15) is 11.3 Å². The van der Waals surface area contributed by atoms with E-state index in [4.69, 9.17) is 9.15 Å². The van der Waals surface area contributed by atoms with Gasteiger partial charge < -0.3 is 19.0 Å². The van der Waals surface area contributed by atoms with Gasteiger partial charge in [-0.25, -0.2) is 14.2 Å². The number of rotatable bonds is 3. The van der Waals surface area contributed by atoms with E-state index in [9.17, 15) is 22.4 Å². The van der Waals surface area contributed by atoms with Gasteiger partial charge in [0.05, 0.1) is 12.7 Å². The summed E-state index contributed by atoms with van der Waals surface area (Å²) in [6.07, 6.45) is -4.65. The number of piperazine rings is 1. The summed E-state index contributed by atoms with van der Waals surface area (Å²) in [5.74, 6) is -0.162. The molecule has 0 aliphatic carbocycles. The number of aromatic nitrogens is 2. The van der Waals surface area contributed by atoms with E-state index in [1.54, 1.807) is 17.9 Å². The van der Waals surface area contributed by atoms with Gasteiger partial charge in [0.1, 0.15) is 17.1 Å². The van der Waals surface area contributed by atoms with E-state index < -0.39 is 23.6 Å². The highest BCUT2D eigenvalue weighted by Gasteiger charge is 2.32. The maximum Gasteiger partial charge on any atom is 0.416 e. The van der Waals surface area contributed by atoms with Crippen molar-refractivity contribution in [1.82, 2.24) is 14.9 Å². The lowest BCUT2D eigenvalue weighted by Crippen LogP contribution is -2.50. The number of alkyl halides is 3. The van der Waals surface area contributed by atoms with Crippen molar-refractivity contribution in [2.45, 2.75) is 13.1 Å². The van der Waals surface area contributed by atoms with Gasteiger partial charge in [-0.05, 0) is 25.1 Å². The van der Waals surface area contributed by atoms with Crippen LogP contribution in [0.25, 0.3) is 11.2 Å². The van der Waals surface area contributed by atoms with Gasteiger partial charge in [-0.1, -0.05) is 0 Å². The number of methoxy groups -OCH3 is 1. The van der Waals surface area contributed by atoms with Crippen molar-refractivity contribution >= 4 is 28.8 Å². The molecule has 1 N–H and O–H groups in total. The summed E-state index contributed by atoms with van der Waals surface area (Å²) in [6, 6.07) is 3.62. The minimum Gasteiger partial charge on any atom is -0.478 e. The van der Waals surface area contributed by atoms with Gasteiger partial charge in [-0.15, -0.1) is 0 Å². The fraction of sp³-hybridized carbons (Fsp3) is 0.350. The van der Waals surface area contributed by atoms with Crippen molar-refractivity contribution in [3.63, 3.8) is 0 Å². The zero-order valence-corrected chi connectivity index (χ0v) is 17.2. The third kappa shape index (κ3) is 4.39. The van der Waals surface area contributed by atoms with Crippen molar-refractivity contribution in [3.05, 3.63) is 41.4 Å². The molecule has 2 amide bonds. The van der Waals surface area contributed by atoms with Crippen LogP contribution < -0.4 is 15.0 Å². The van der Waals surface area contributed by atoms with Crippen molar-refractivity contribution in [3.8, 4) is 5.88 Å². The molecule has 32 heavy (non-hydrogen) atoms. The highest BCUT2D eigenvalue weighted by atomic mass is 19.4. The van der Waals surface area contributed by atoms with Crippen LogP contribution in [0.2, 0.25) is 0 Å². The number of halogens is 4. The van der Waals surface area contributed by atoms with Crippen molar-refractivity contribution in [1.29, 1.82) is 0 Å². The number of benzene rings is 1. The second-order valence-corrected chi connectivity index (χ2v) is 7.23. The summed E-state index contributed by atoms with van der Waals surface area (Å²) in [4.78, 5) is 24.3. The first kappa shape index (κ1) is 21.7. The van der Waals surface area contributed by atoms with E-state index in [2.05, 4.69) is 15.3 Å². The standard InChI is InChI=1S/C20H19F4N5O3/c1-11-7-15-17(32-11)27-18(31-2)16(25-15)26-19(30)29-5-3-28(4-6-29)14-9-12(20(22,23)24)8-13(21)10-14/h7-10H,3-6H2,1-2H3,(H,25,26,30). The number of furan rings is 1. The van der Waals surface area contributed by atoms with Crippen LogP contribution in [0.4, 0.5) is 33.9 Å². The lowest BCUT2D eigenvalue weighted by molar-refractivity contribution is -0.137. The molecular formula is C20H19F4N5O3. The number of nitrogens with one attached hydrogen (secondary N) is 1. The van der Waals surface area contributed by atoms with Crippen LogP contribution in [0, 0.1) is 12.7 Å². The molecule has 3 aromatic rings. The van der Waals surface area contributed by atoms with Gasteiger partial charge in [0.15, 0.2) is 5.82 Å². The molecule has 1 fully saturated rings. The Kier molecular flexibility index (Phi) is 5.53. The lowest BCUT2D eigenvalue weighted by Gasteiger charge is -2.36. The number of hydrogen-bond acceptors (Lipinski definition) is 6. The Hall–Kier alpha value is -3.57. The van der Waals surface area contributed by atoms with Gasteiger partial charge in [0, 0.05) is 37.9 Å². The van der Waals surface area contributed by atoms with Gasteiger partial charge in [0.2, 0.25) is 5.71 Å². The molecule has 1 aromatic carbocycles. The molecule has 0 radical (unpaired) electrons. The van der Waals surface area contributed by atoms with Gasteiger partial charge >= 0.3 is 12.2 Å². The summed E-state index contributed by atoms with van der Waals surface area (Å²) in [7, 11) is 1.38. The number of carbonyl (C=O) groups is 1. The summed E-state index contributed by atoms with van der Waals surface area (Å²) in [5, 5.41) is 2.64. The Labute approximate surface area is 179 Å². The molecule has 0 saturated carbocycles. The number of amides is 2. The number of urea groups is 1. The summed E-state index contributed by atoms with van der Waals surface area (Å²) in [6.45, 7) is 2.64. The molecule has 8 nitrogen and oxygen atoms in total. The Bertz CT molecular complexity index is 1160. The highest BCUT2D eigenvalue weighted by molar-refractivity contribution is 5.90. The van der Waals surface area contributed by atoms with E-state index in [0.29, 0.717) is 17.3 Å². The summed E-state index contributed by atoms with van der Waals surface area (Å²) < 4.78 is 63.2. The molecule has 0 atom stereocenters. The fourth-order valence-corrected chi connectivity index (χ4v) is 3.45. The topological polar surface area (TPSA) is 83.7 Å². The van der Waals surface area contributed by atoms with E-state index >= 15 is 0 Å². The highest BCUT2D eigenvalue weighted by Crippen LogP contribution is 2.33. The van der Waals surface area contributed by atoms with Crippen LogP contribution >= 0.6 is 0 Å². The number of fused-ring (bicyclic) bond motifs is 1. The van der Waals surface area contributed by atoms with Gasteiger partial charge in [0.25, 0.3) is 5.88 Å². The number of hydrogen-bond donors (Lipinski definition) is 1. The Morgan fingerprint density at radius 2 is 1.84 bits per heavy atom. The molecule has 0 spiro atoms. The molecule has 1 saturated heterocycles. The maximum absolute atomic E-state index is 13.7. The smallest absolute Gasteiger partial charge is 0.416 e. The normalized spacial score (nSPS) is 14.7. The number of nitrogens with zero attached hydrogens (tertiary/aromatic N) is 4. The Balaban J connectivity index is 1.44. The maximum atomic E-state index is 13.7. The van der Waals surface area contributed by atoms with Crippen molar-refractivity contribution in [2.24, 2.45) is 0 Å². The number of carbonyl (C=O) groups excluding carboxylic acids is 1. The predicted molar refractivity (Wildman–Crippen MR) is 107 cm³/mol. The van der Waals surface area contributed by atoms with Crippen LogP contribution in [0.3, 0.4) is 0 Å². The predicted octanol–water partition coefficient (Wildman–Crippen LogP) is 4.05. The number of ether oxygens (including phenoxy) is 1. The van der Waals surface area contributed by atoms with Crippen LogP contribution in [-0.2, 0) is 6.18 Å². The minimum absolute atomic E-state index is 0.0817. The van der Waals surface area contributed by atoms with E-state index in [-0.39, 0.29) is 49.3 Å². The lowest BCUT2D eigenvalue weighted by atomic mass is 10.1. The zero-order chi connectivity index (χ0) is 23.0. The molecule has 1 aliphatic heterocycles. The first-order valence-corrected chi connectivity index (χ1v) is 9.65. The molecule has 2 aromatic heterocycles. The first-order valence-electron chi connectivity index (χ1n) is 9.65. The monoisotopic (exact) mass is 453 g/mol. The van der Waals surface area contributed by atoms with Crippen LogP contribution in [-0.4, -0.2) is 54.2 Å². The number of anilines is 2. The molecule has 0 unspecified atom stereocenters. The third-order valence-corrected chi connectivity index (χ3v) is 5.02. The zero-order valence-electron chi connectivity index (χ0n) is 17.2.